The molecule has 2 atom stereocenters. The van der Waals surface area contributed by atoms with Crippen LogP contribution in [-0.4, -0.2) is 75.7 Å². The summed E-state index contributed by atoms with van der Waals surface area (Å²) in [4.78, 5) is 42.6. The molecule has 202 valence electrons. The number of esters is 1. The molecule has 0 radical (unpaired) electrons. The van der Waals surface area contributed by atoms with Crippen molar-refractivity contribution in [3.63, 3.8) is 0 Å². The van der Waals surface area contributed by atoms with Gasteiger partial charge < -0.3 is 18.9 Å². The monoisotopic (exact) mass is 687 g/mol. The average Bonchev–Trinajstić information content (AvgIpc) is 3.43. The molecule has 0 bridgehead atoms. The number of carbonyl (C=O) groups is 4. The Morgan fingerprint density at radius 3 is 1.63 bits per heavy atom. The van der Waals surface area contributed by atoms with Crippen LogP contribution in [0.2, 0.25) is 0 Å². The Hall–Kier alpha value is -1.50. The zero-order valence-electron chi connectivity index (χ0n) is 23.1. The number of ketones is 1. The predicted octanol–water partition coefficient (Wildman–Crippen LogP) is 2.72. The summed E-state index contributed by atoms with van der Waals surface area (Å²) in [6, 6.07) is 0. The quantitative estimate of drug-likeness (QED) is 0.111. The van der Waals surface area contributed by atoms with E-state index in [2.05, 4.69) is 29.6 Å². The van der Waals surface area contributed by atoms with E-state index in [1.54, 1.807) is 21.0 Å². The van der Waals surface area contributed by atoms with Crippen molar-refractivity contribution in [3.05, 3.63) is 43.0 Å². The molecule has 2 unspecified atom stereocenters. The van der Waals surface area contributed by atoms with Crippen molar-refractivity contribution in [3.8, 4) is 0 Å². The zero-order chi connectivity index (χ0) is 27.1. The molecule has 2 amide bonds. The number of imide groups is 1. The summed E-state index contributed by atoms with van der Waals surface area (Å²) in [5, 5.41) is 0. The molecule has 0 aromatic heterocycles. The number of nitrogens with zero attached hydrogens (tertiary/aromatic N) is 1. The number of hydrogen-bond acceptors (Lipinski definition) is 8. The third-order valence-corrected chi connectivity index (χ3v) is 4.22. The molecule has 3 aliphatic heterocycles. The standard InChI is InChI=1S/C7H9NO2.C6H12O2.C4H6O2.C4H6O.C3H5O.H3P.W/c1-4-5(2)7(10)8(3)6(4)9;1-6(3-7-2)4-8-5-6;1-3-4(5)6-2;1-3-4(2)5;1-3-2-4-3;;/h1-3H3;3-5H2,1-2H3;3H,1H2,2H3;3H,1H2,2H3;2-3H,1H3;1H3;/q;;;;-1;;/i;;;;2D;;. The summed E-state index contributed by atoms with van der Waals surface area (Å²) in [6.07, 6.45) is 2.52. The Bertz CT molecular complexity index is 741. The van der Waals surface area contributed by atoms with Crippen molar-refractivity contribution in [1.82, 2.24) is 4.90 Å². The minimum atomic E-state index is -0.394. The van der Waals surface area contributed by atoms with Crippen LogP contribution in [0.15, 0.2) is 36.5 Å². The minimum absolute atomic E-state index is 0. The minimum Gasteiger partial charge on any atom is -0.570 e. The van der Waals surface area contributed by atoms with E-state index >= 15 is 0 Å². The number of amides is 2. The van der Waals surface area contributed by atoms with Gasteiger partial charge >= 0.3 is 5.97 Å². The predicted molar refractivity (Wildman–Crippen MR) is 136 cm³/mol. The molecule has 3 rings (SSSR count). The number of likely N-dealkylation sites (N-methyl/N-ethyl adjacent to an activating group) is 1. The van der Waals surface area contributed by atoms with Crippen molar-refractivity contribution in [2.24, 2.45) is 5.41 Å². The Kier molecular flexibility index (Phi) is 23.6. The Balaban J connectivity index is -0.000000180. The molecule has 3 aliphatic rings. The van der Waals surface area contributed by atoms with Crippen LogP contribution in [0, 0.1) is 12.0 Å². The largest absolute Gasteiger partial charge is 0.570 e. The molecule has 3 heterocycles. The molecule has 0 N–H and O–H groups in total. The molecule has 11 heteroatoms. The van der Waals surface area contributed by atoms with Crippen molar-refractivity contribution in [1.29, 1.82) is 0 Å². The molecule has 0 aliphatic carbocycles. The molecule has 9 nitrogen and oxygen atoms in total. The van der Waals surface area contributed by atoms with Crippen molar-refractivity contribution in [2.45, 2.75) is 40.7 Å². The normalized spacial score (nSPS) is 18.8. The third-order valence-electron chi connectivity index (χ3n) is 4.22. The first-order chi connectivity index (χ1) is 15.7. The van der Waals surface area contributed by atoms with Gasteiger partial charge in [-0.05, 0) is 26.8 Å². The van der Waals surface area contributed by atoms with Gasteiger partial charge in [0.2, 0.25) is 0 Å². The number of ether oxygens (including phenoxy) is 4. The maximum absolute atomic E-state index is 11.0. The third kappa shape index (κ3) is 19.4. The van der Waals surface area contributed by atoms with Crippen LogP contribution >= 0.6 is 9.90 Å². The van der Waals surface area contributed by atoms with Gasteiger partial charge in [-0.25, -0.2) is 4.79 Å². The smallest absolute Gasteiger partial charge is 0.329 e. The first kappa shape index (κ1) is 38.0. The Morgan fingerprint density at radius 2 is 1.57 bits per heavy atom. The summed E-state index contributed by atoms with van der Waals surface area (Å²) in [7, 11) is 4.53. The average molecular weight is 687 g/mol. The molecule has 0 aromatic rings. The van der Waals surface area contributed by atoms with Gasteiger partial charge in [-0.3, -0.25) is 19.3 Å². The van der Waals surface area contributed by atoms with Crippen LogP contribution in [0.5, 0.6) is 0 Å². The van der Waals surface area contributed by atoms with E-state index in [4.69, 9.17) is 10.8 Å². The molecule has 35 heavy (non-hydrogen) atoms. The fourth-order valence-corrected chi connectivity index (χ4v) is 1.95. The number of methoxy groups -OCH3 is 2. The number of hydrogen-bond donors (Lipinski definition) is 0. The van der Waals surface area contributed by atoms with Gasteiger partial charge in [0, 0.05) is 57.9 Å². The van der Waals surface area contributed by atoms with E-state index < -0.39 is 5.97 Å². The van der Waals surface area contributed by atoms with Crippen LogP contribution in [0.1, 0.15) is 36.0 Å². The van der Waals surface area contributed by atoms with Crippen molar-refractivity contribution in [2.75, 3.05) is 41.1 Å². The van der Waals surface area contributed by atoms with Gasteiger partial charge in [-0.15, -0.1) is 0 Å². The van der Waals surface area contributed by atoms with E-state index in [1.807, 2.05) is 6.92 Å². The van der Waals surface area contributed by atoms with Gasteiger partial charge in [-0.1, -0.05) is 33.1 Å². The summed E-state index contributed by atoms with van der Waals surface area (Å²) >= 11 is 0. The van der Waals surface area contributed by atoms with Crippen LogP contribution in [0.4, 0.5) is 0 Å². The molecule has 0 spiro atoms. The van der Waals surface area contributed by atoms with Crippen molar-refractivity contribution < 1.29 is 60.6 Å². The fourth-order valence-electron chi connectivity index (χ4n) is 1.95. The van der Waals surface area contributed by atoms with Gasteiger partial charge in [0.15, 0.2) is 5.78 Å². The summed E-state index contributed by atoms with van der Waals surface area (Å²) in [6.45, 7) is 18.2. The number of carbonyl (C=O) groups excluding carboxylic acids is 4. The topological polar surface area (TPSA) is 112 Å². The summed E-state index contributed by atoms with van der Waals surface area (Å²) in [5.74, 6) is -0.731. The van der Waals surface area contributed by atoms with Crippen LogP contribution in [0.3, 0.4) is 0 Å². The fraction of sp³-hybridized carbons (Fsp3) is 0.542. The zero-order valence-corrected chi connectivity index (χ0v) is 26.4. The number of rotatable bonds is 4. The van der Waals surface area contributed by atoms with Crippen LogP contribution in [-0.2, 0) is 59.2 Å². The second kappa shape index (κ2) is 21.8. The number of epoxide rings is 1. The van der Waals surface area contributed by atoms with Gasteiger partial charge in [0.25, 0.3) is 11.8 Å². The second-order valence-electron chi connectivity index (χ2n) is 7.58. The van der Waals surface area contributed by atoms with E-state index in [1.165, 1.54) is 27.2 Å². The summed E-state index contributed by atoms with van der Waals surface area (Å²) in [5.41, 5.74) is 1.45. The molecule has 0 saturated carbocycles. The van der Waals surface area contributed by atoms with Gasteiger partial charge in [0.05, 0.1) is 26.9 Å². The first-order valence-corrected chi connectivity index (χ1v) is 10.1. The van der Waals surface area contributed by atoms with Crippen LogP contribution < -0.4 is 0 Å². The maximum Gasteiger partial charge on any atom is 0.329 e. The van der Waals surface area contributed by atoms with E-state index in [9.17, 15) is 19.2 Å². The molecular weight excluding hydrogens is 645 g/mol. The molecule has 2 fully saturated rings. The molecule has 0 aromatic carbocycles. The second-order valence-corrected chi connectivity index (χ2v) is 7.58. The van der Waals surface area contributed by atoms with E-state index in [0.717, 1.165) is 30.8 Å². The Labute approximate surface area is 228 Å². The van der Waals surface area contributed by atoms with E-state index in [0.29, 0.717) is 23.1 Å². The molecule has 2 saturated heterocycles. The van der Waals surface area contributed by atoms with Crippen LogP contribution in [0.25, 0.3) is 0 Å². The summed E-state index contributed by atoms with van der Waals surface area (Å²) < 4.78 is 25.2. The Morgan fingerprint density at radius 1 is 1.20 bits per heavy atom. The number of allylic oxidation sites excluding steroid dienone is 1. The first-order valence-electron chi connectivity index (χ1n) is 10.6. The van der Waals surface area contributed by atoms with Gasteiger partial charge in [-0.2, -0.15) is 17.9 Å². The molecular formula is C24H41NO8PW-. The van der Waals surface area contributed by atoms with E-state index in [-0.39, 0.29) is 54.7 Å². The van der Waals surface area contributed by atoms with Crippen molar-refractivity contribution >= 4 is 33.5 Å². The SMILES string of the molecule is C=CC(=O)OC.C=CC(C)=O.CC1=C(C)C(=O)N(C)C1=O.COCC1(C)COC1.P.[2H][C-]1OC1C.[W]. The maximum atomic E-state index is 11.0. The van der Waals surface area contributed by atoms with Gasteiger partial charge in [0.1, 0.15) is 0 Å².